The number of halogens is 4. The summed E-state index contributed by atoms with van der Waals surface area (Å²) >= 11 is 6.16. The number of fused-ring (bicyclic) bond motifs is 3. The number of esters is 1. The van der Waals surface area contributed by atoms with E-state index in [2.05, 4.69) is 4.98 Å². The van der Waals surface area contributed by atoms with Crippen LogP contribution in [-0.4, -0.2) is 17.6 Å². The van der Waals surface area contributed by atoms with Crippen LogP contribution in [0.25, 0.3) is 10.9 Å². The zero-order valence-electron chi connectivity index (χ0n) is 13.9. The Morgan fingerprint density at radius 1 is 1.33 bits per heavy atom. The van der Waals surface area contributed by atoms with Gasteiger partial charge in [0.2, 0.25) is 0 Å². The summed E-state index contributed by atoms with van der Waals surface area (Å²) in [5.41, 5.74) is 0.176. The van der Waals surface area contributed by atoms with Crippen LogP contribution in [0.1, 0.15) is 29.3 Å². The lowest BCUT2D eigenvalue weighted by molar-refractivity contribution is -0.222. The fraction of sp³-hybridized carbons (Fsp3) is 0.278. The molecule has 0 radical (unpaired) electrons. The van der Waals surface area contributed by atoms with Gasteiger partial charge in [0.05, 0.1) is 40.2 Å². The molecule has 2 aromatic heterocycles. The second-order valence-corrected chi connectivity index (χ2v) is 6.55. The van der Waals surface area contributed by atoms with Gasteiger partial charge in [-0.05, 0) is 30.2 Å². The summed E-state index contributed by atoms with van der Waals surface area (Å²) in [5.74, 6) is -2.40. The predicted octanol–water partition coefficient (Wildman–Crippen LogP) is 4.77. The van der Waals surface area contributed by atoms with Crippen LogP contribution < -0.4 is 0 Å². The van der Waals surface area contributed by atoms with Crippen LogP contribution in [0.2, 0.25) is 5.02 Å². The molecule has 1 aliphatic rings. The minimum atomic E-state index is -4.57. The number of benzene rings is 1. The van der Waals surface area contributed by atoms with Gasteiger partial charge in [-0.15, -0.1) is 0 Å². The molecule has 5 nitrogen and oxygen atoms in total. The SMILES string of the molecule is CC(=O)OC1(c2ccoc2)OCCc2c1[nH]c1c(Cl)ccc(C(F)(F)F)c21. The Bertz CT molecular complexity index is 1030. The lowest BCUT2D eigenvalue weighted by Gasteiger charge is -2.35. The number of H-pyrrole nitrogens is 1. The Hall–Kier alpha value is -2.45. The highest BCUT2D eigenvalue weighted by Crippen LogP contribution is 2.47. The Morgan fingerprint density at radius 3 is 2.74 bits per heavy atom. The van der Waals surface area contributed by atoms with Gasteiger partial charge in [0, 0.05) is 12.3 Å². The molecule has 4 rings (SSSR count). The number of furan rings is 1. The van der Waals surface area contributed by atoms with Crippen LogP contribution in [0.15, 0.2) is 35.1 Å². The van der Waals surface area contributed by atoms with Gasteiger partial charge in [0.1, 0.15) is 6.26 Å². The zero-order valence-corrected chi connectivity index (χ0v) is 14.7. The van der Waals surface area contributed by atoms with Crippen molar-refractivity contribution in [2.45, 2.75) is 25.3 Å². The number of rotatable bonds is 2. The molecule has 1 aromatic carbocycles. The quantitative estimate of drug-likeness (QED) is 0.630. The van der Waals surface area contributed by atoms with Gasteiger partial charge in [0.15, 0.2) is 0 Å². The molecule has 27 heavy (non-hydrogen) atoms. The van der Waals surface area contributed by atoms with E-state index in [0.29, 0.717) is 11.1 Å². The first-order valence-electron chi connectivity index (χ1n) is 8.01. The molecule has 0 fully saturated rings. The topological polar surface area (TPSA) is 64.5 Å². The summed E-state index contributed by atoms with van der Waals surface area (Å²) in [6, 6.07) is 3.65. The van der Waals surface area contributed by atoms with Crippen molar-refractivity contribution in [3.8, 4) is 0 Å². The van der Waals surface area contributed by atoms with Crippen molar-refractivity contribution in [3.63, 3.8) is 0 Å². The molecule has 1 N–H and O–H groups in total. The van der Waals surface area contributed by atoms with E-state index in [9.17, 15) is 18.0 Å². The summed E-state index contributed by atoms with van der Waals surface area (Å²) in [7, 11) is 0. The molecule has 0 amide bonds. The number of carbonyl (C=O) groups excluding carboxylic acids is 1. The number of aromatic nitrogens is 1. The Labute approximate surface area is 156 Å². The maximum atomic E-state index is 13.6. The highest BCUT2D eigenvalue weighted by Gasteiger charge is 2.48. The fourth-order valence-corrected chi connectivity index (χ4v) is 3.70. The van der Waals surface area contributed by atoms with Gasteiger partial charge in [-0.3, -0.25) is 4.79 Å². The van der Waals surface area contributed by atoms with Crippen molar-refractivity contribution in [1.82, 2.24) is 4.98 Å². The third kappa shape index (κ3) is 2.71. The molecule has 0 bridgehead atoms. The summed E-state index contributed by atoms with van der Waals surface area (Å²) < 4.78 is 57.1. The smallest absolute Gasteiger partial charge is 0.417 e. The van der Waals surface area contributed by atoms with Crippen LogP contribution in [0, 0.1) is 0 Å². The summed E-state index contributed by atoms with van der Waals surface area (Å²) in [6.07, 6.45) is -1.71. The predicted molar refractivity (Wildman–Crippen MR) is 89.2 cm³/mol. The molecule has 1 atom stereocenters. The molecule has 0 saturated carbocycles. The second-order valence-electron chi connectivity index (χ2n) is 6.14. The lowest BCUT2D eigenvalue weighted by Crippen LogP contribution is -2.40. The molecule has 1 aliphatic heterocycles. The zero-order chi connectivity index (χ0) is 19.4. The van der Waals surface area contributed by atoms with E-state index in [-0.39, 0.29) is 34.6 Å². The molecular weight excluding hydrogens is 387 g/mol. The van der Waals surface area contributed by atoms with Gasteiger partial charge in [-0.1, -0.05) is 11.6 Å². The number of alkyl halides is 3. The van der Waals surface area contributed by atoms with Gasteiger partial charge >= 0.3 is 12.1 Å². The van der Waals surface area contributed by atoms with Gasteiger partial charge in [0.25, 0.3) is 5.79 Å². The minimum absolute atomic E-state index is 0.0439. The monoisotopic (exact) mass is 399 g/mol. The molecule has 3 heterocycles. The van der Waals surface area contributed by atoms with Gasteiger partial charge < -0.3 is 18.9 Å². The third-order valence-electron chi connectivity index (χ3n) is 4.49. The van der Waals surface area contributed by atoms with E-state index < -0.39 is 23.5 Å². The molecule has 1 unspecified atom stereocenters. The van der Waals surface area contributed by atoms with Gasteiger partial charge in [-0.2, -0.15) is 13.2 Å². The average Bonchev–Trinajstić information content (AvgIpc) is 3.22. The van der Waals surface area contributed by atoms with Crippen LogP contribution in [0.3, 0.4) is 0 Å². The average molecular weight is 400 g/mol. The number of ether oxygens (including phenoxy) is 2. The van der Waals surface area contributed by atoms with Crippen molar-refractivity contribution >= 4 is 28.5 Å². The van der Waals surface area contributed by atoms with Crippen molar-refractivity contribution in [2.75, 3.05) is 6.61 Å². The standard InChI is InChI=1S/C18H13ClF3NO4/c1-9(24)27-17(10-4-6-25-8-10)16-11(5-7-26-17)14-12(18(20,21)22)2-3-13(19)15(14)23-16/h2-4,6,8,23H,5,7H2,1H3. The molecule has 3 aromatic rings. The number of hydrogen-bond donors (Lipinski definition) is 1. The van der Waals surface area contributed by atoms with E-state index in [1.807, 2.05) is 0 Å². The van der Waals surface area contributed by atoms with Crippen LogP contribution >= 0.6 is 11.6 Å². The molecule has 0 saturated heterocycles. The first kappa shape index (κ1) is 17.9. The minimum Gasteiger partial charge on any atom is -0.472 e. The van der Waals surface area contributed by atoms with E-state index >= 15 is 0 Å². The fourth-order valence-electron chi connectivity index (χ4n) is 3.50. The molecular formula is C18H13ClF3NO4. The maximum Gasteiger partial charge on any atom is 0.417 e. The highest BCUT2D eigenvalue weighted by atomic mass is 35.5. The number of nitrogens with one attached hydrogen (secondary N) is 1. The normalized spacial score (nSPS) is 19.9. The Kier molecular flexibility index (Phi) is 4.01. The largest absolute Gasteiger partial charge is 0.472 e. The first-order chi connectivity index (χ1) is 12.7. The molecule has 142 valence electrons. The van der Waals surface area contributed by atoms with Crippen molar-refractivity contribution in [2.24, 2.45) is 0 Å². The van der Waals surface area contributed by atoms with E-state index in [4.69, 9.17) is 25.5 Å². The molecule has 0 aliphatic carbocycles. The van der Waals surface area contributed by atoms with Crippen LogP contribution in [-0.2, 0) is 32.7 Å². The number of hydrogen-bond acceptors (Lipinski definition) is 4. The van der Waals surface area contributed by atoms with Crippen LogP contribution in [0.5, 0.6) is 0 Å². The van der Waals surface area contributed by atoms with Crippen molar-refractivity contribution in [3.05, 3.63) is 58.1 Å². The third-order valence-corrected chi connectivity index (χ3v) is 4.80. The number of carbonyl (C=O) groups is 1. The first-order valence-corrected chi connectivity index (χ1v) is 8.39. The van der Waals surface area contributed by atoms with Crippen molar-refractivity contribution < 1.29 is 31.9 Å². The van der Waals surface area contributed by atoms with Crippen LogP contribution in [0.4, 0.5) is 13.2 Å². The maximum absolute atomic E-state index is 13.6. The van der Waals surface area contributed by atoms with Crippen molar-refractivity contribution in [1.29, 1.82) is 0 Å². The van der Waals surface area contributed by atoms with E-state index in [0.717, 1.165) is 6.07 Å². The molecule has 9 heteroatoms. The Balaban J connectivity index is 2.07. The molecule has 0 spiro atoms. The Morgan fingerprint density at radius 2 is 2.11 bits per heavy atom. The lowest BCUT2D eigenvalue weighted by atomic mass is 9.94. The van der Waals surface area contributed by atoms with Gasteiger partial charge in [-0.25, -0.2) is 0 Å². The summed E-state index contributed by atoms with van der Waals surface area (Å²) in [4.78, 5) is 14.7. The summed E-state index contributed by atoms with van der Waals surface area (Å²) in [6.45, 7) is 1.23. The van der Waals surface area contributed by atoms with E-state index in [1.54, 1.807) is 0 Å². The van der Waals surface area contributed by atoms with E-state index in [1.165, 1.54) is 31.6 Å². The second kappa shape index (κ2) is 6.03. The summed E-state index contributed by atoms with van der Waals surface area (Å²) in [5, 5.41) is 0.0737. The highest BCUT2D eigenvalue weighted by molar-refractivity contribution is 6.35. The number of aromatic amines is 1.